The first kappa shape index (κ1) is 17.4. The van der Waals surface area contributed by atoms with Gasteiger partial charge in [0.2, 0.25) is 0 Å². The van der Waals surface area contributed by atoms with Crippen LogP contribution in [0, 0.1) is 0 Å². The summed E-state index contributed by atoms with van der Waals surface area (Å²) in [6.45, 7) is 6.43. The monoisotopic (exact) mass is 336 g/mol. The Morgan fingerprint density at radius 2 is 1.83 bits per heavy atom. The van der Waals surface area contributed by atoms with E-state index >= 15 is 0 Å². The third kappa shape index (κ3) is 3.64. The first-order valence-electron chi connectivity index (χ1n) is 9.15. The molecule has 0 bridgehead atoms. The highest BCUT2D eigenvalue weighted by Crippen LogP contribution is 2.42. The molecule has 1 saturated carbocycles. The Morgan fingerprint density at radius 1 is 1.17 bits per heavy atom. The van der Waals surface area contributed by atoms with Crippen LogP contribution >= 0.6 is 0 Å². The van der Waals surface area contributed by atoms with Crippen LogP contribution in [-0.2, 0) is 19.1 Å². The molecular weight excluding hydrogens is 308 g/mol. The lowest BCUT2D eigenvalue weighted by molar-refractivity contribution is -0.148. The van der Waals surface area contributed by atoms with Gasteiger partial charge in [-0.2, -0.15) is 0 Å². The molecule has 134 valence electrons. The Kier molecular flexibility index (Phi) is 5.56. The molecule has 0 aromatic carbocycles. The van der Waals surface area contributed by atoms with Gasteiger partial charge in [0.25, 0.3) is 5.91 Å². The number of morpholine rings is 1. The van der Waals surface area contributed by atoms with Gasteiger partial charge in [0.1, 0.15) is 5.60 Å². The van der Waals surface area contributed by atoms with E-state index in [9.17, 15) is 9.59 Å². The minimum absolute atomic E-state index is 0.131. The summed E-state index contributed by atoms with van der Waals surface area (Å²) in [4.78, 5) is 27.2. The van der Waals surface area contributed by atoms with Crippen molar-refractivity contribution in [1.29, 1.82) is 0 Å². The second-order valence-corrected chi connectivity index (χ2v) is 7.01. The van der Waals surface area contributed by atoms with E-state index in [0.29, 0.717) is 17.7 Å². The first-order chi connectivity index (χ1) is 11.6. The molecule has 1 spiro atoms. The van der Waals surface area contributed by atoms with E-state index in [1.54, 1.807) is 6.92 Å². The van der Waals surface area contributed by atoms with E-state index in [-0.39, 0.29) is 11.9 Å². The molecule has 3 rings (SSSR count). The third-order valence-electron chi connectivity index (χ3n) is 5.38. The van der Waals surface area contributed by atoms with E-state index in [1.807, 2.05) is 0 Å². The van der Waals surface area contributed by atoms with Gasteiger partial charge >= 0.3 is 5.97 Å². The van der Waals surface area contributed by atoms with Crippen LogP contribution in [-0.4, -0.2) is 61.8 Å². The summed E-state index contributed by atoms with van der Waals surface area (Å²) >= 11 is 0. The molecule has 6 heteroatoms. The Hall–Kier alpha value is -1.40. The van der Waals surface area contributed by atoms with Crippen LogP contribution in [0.15, 0.2) is 11.1 Å². The van der Waals surface area contributed by atoms with Crippen molar-refractivity contribution in [2.45, 2.75) is 51.0 Å². The lowest BCUT2D eigenvalue weighted by atomic mass is 9.84. The quantitative estimate of drug-likeness (QED) is 0.786. The fourth-order valence-corrected chi connectivity index (χ4v) is 4.02. The van der Waals surface area contributed by atoms with Gasteiger partial charge in [-0.1, -0.05) is 12.8 Å². The van der Waals surface area contributed by atoms with Crippen molar-refractivity contribution in [1.82, 2.24) is 10.2 Å². The van der Waals surface area contributed by atoms with Crippen molar-refractivity contribution in [2.24, 2.45) is 0 Å². The normalized spacial score (nSPS) is 24.8. The fourth-order valence-electron chi connectivity index (χ4n) is 4.02. The van der Waals surface area contributed by atoms with E-state index < -0.39 is 5.60 Å². The molecule has 0 unspecified atom stereocenters. The molecule has 2 heterocycles. The SMILES string of the molecule is CC1=C(C(=O)NCCN2CCOCC2)C2(CCCCCC2)OC1=O. The Bertz CT molecular complexity index is 515. The number of nitrogens with one attached hydrogen (secondary N) is 1. The number of carbonyl (C=O) groups is 2. The number of rotatable bonds is 4. The predicted molar refractivity (Wildman–Crippen MR) is 89.5 cm³/mol. The smallest absolute Gasteiger partial charge is 0.335 e. The van der Waals surface area contributed by atoms with Crippen molar-refractivity contribution in [3.63, 3.8) is 0 Å². The van der Waals surface area contributed by atoms with Gasteiger partial charge in [0, 0.05) is 31.8 Å². The maximum absolute atomic E-state index is 12.8. The Balaban J connectivity index is 1.63. The first-order valence-corrected chi connectivity index (χ1v) is 9.15. The minimum atomic E-state index is -0.680. The average Bonchev–Trinajstić information content (AvgIpc) is 2.72. The predicted octanol–water partition coefficient (Wildman–Crippen LogP) is 1.40. The molecule has 0 aromatic heterocycles. The van der Waals surface area contributed by atoms with Crippen LogP contribution < -0.4 is 5.32 Å². The Labute approximate surface area is 143 Å². The number of esters is 1. The number of hydrogen-bond acceptors (Lipinski definition) is 5. The minimum Gasteiger partial charge on any atom is -0.451 e. The van der Waals surface area contributed by atoms with Gasteiger partial charge < -0.3 is 14.8 Å². The van der Waals surface area contributed by atoms with Gasteiger partial charge in [-0.15, -0.1) is 0 Å². The van der Waals surface area contributed by atoms with E-state index in [0.717, 1.165) is 71.4 Å². The number of carbonyl (C=O) groups excluding carboxylic acids is 2. The van der Waals surface area contributed by atoms with Crippen LogP contribution in [0.5, 0.6) is 0 Å². The van der Waals surface area contributed by atoms with Crippen LogP contribution in [0.25, 0.3) is 0 Å². The van der Waals surface area contributed by atoms with Crippen molar-refractivity contribution in [3.8, 4) is 0 Å². The van der Waals surface area contributed by atoms with Crippen LogP contribution in [0.1, 0.15) is 45.4 Å². The van der Waals surface area contributed by atoms with E-state index in [4.69, 9.17) is 9.47 Å². The molecule has 0 radical (unpaired) electrons. The molecule has 24 heavy (non-hydrogen) atoms. The third-order valence-corrected chi connectivity index (χ3v) is 5.38. The molecule has 6 nitrogen and oxygen atoms in total. The molecule has 1 N–H and O–H groups in total. The van der Waals surface area contributed by atoms with Gasteiger partial charge in [-0.3, -0.25) is 9.69 Å². The summed E-state index contributed by atoms with van der Waals surface area (Å²) in [5.41, 5.74) is 0.387. The molecule has 1 saturated heterocycles. The summed E-state index contributed by atoms with van der Waals surface area (Å²) in [5, 5.41) is 3.00. The number of nitrogens with zero attached hydrogens (tertiary/aromatic N) is 1. The highest BCUT2D eigenvalue weighted by Gasteiger charge is 2.48. The van der Waals surface area contributed by atoms with Crippen molar-refractivity contribution in [3.05, 3.63) is 11.1 Å². The van der Waals surface area contributed by atoms with Crippen LogP contribution in [0.3, 0.4) is 0 Å². The molecule has 1 aliphatic carbocycles. The second kappa shape index (κ2) is 7.66. The lowest BCUT2D eigenvalue weighted by Crippen LogP contribution is -2.44. The van der Waals surface area contributed by atoms with E-state index in [2.05, 4.69) is 10.2 Å². The maximum Gasteiger partial charge on any atom is 0.335 e. The molecule has 3 aliphatic rings. The highest BCUT2D eigenvalue weighted by molar-refractivity contribution is 6.07. The number of ether oxygens (including phenoxy) is 2. The zero-order chi connectivity index (χ0) is 17.0. The topological polar surface area (TPSA) is 67.9 Å². The molecular formula is C18H28N2O4. The summed E-state index contributed by atoms with van der Waals surface area (Å²) in [6.07, 6.45) is 5.83. The van der Waals surface area contributed by atoms with Gasteiger partial charge in [-0.25, -0.2) is 4.79 Å². The average molecular weight is 336 g/mol. The molecule has 1 amide bonds. The fraction of sp³-hybridized carbons (Fsp3) is 0.778. The summed E-state index contributed by atoms with van der Waals surface area (Å²) < 4.78 is 11.0. The van der Waals surface area contributed by atoms with Crippen LogP contribution in [0.2, 0.25) is 0 Å². The Morgan fingerprint density at radius 3 is 2.50 bits per heavy atom. The number of amides is 1. The summed E-state index contributed by atoms with van der Waals surface area (Å²) in [7, 11) is 0. The van der Waals surface area contributed by atoms with Crippen LogP contribution in [0.4, 0.5) is 0 Å². The molecule has 2 aliphatic heterocycles. The van der Waals surface area contributed by atoms with Gasteiger partial charge in [0.15, 0.2) is 0 Å². The van der Waals surface area contributed by atoms with E-state index in [1.165, 1.54) is 0 Å². The largest absolute Gasteiger partial charge is 0.451 e. The standard InChI is InChI=1S/C18H28N2O4/c1-14-15(16(21)19-8-9-20-10-12-23-13-11-20)18(24-17(14)22)6-4-2-3-5-7-18/h2-13H2,1H3,(H,19,21). The zero-order valence-electron chi connectivity index (χ0n) is 14.6. The van der Waals surface area contributed by atoms with Crippen molar-refractivity contribution in [2.75, 3.05) is 39.4 Å². The molecule has 0 aromatic rings. The highest BCUT2D eigenvalue weighted by atomic mass is 16.6. The van der Waals surface area contributed by atoms with Gasteiger partial charge in [0.05, 0.1) is 18.8 Å². The summed E-state index contributed by atoms with van der Waals surface area (Å²) in [5.74, 6) is -0.455. The summed E-state index contributed by atoms with van der Waals surface area (Å²) in [6, 6.07) is 0. The van der Waals surface area contributed by atoms with Crippen molar-refractivity contribution < 1.29 is 19.1 Å². The lowest BCUT2D eigenvalue weighted by Gasteiger charge is -2.30. The maximum atomic E-state index is 12.8. The van der Waals surface area contributed by atoms with Crippen molar-refractivity contribution >= 4 is 11.9 Å². The molecule has 0 atom stereocenters. The van der Waals surface area contributed by atoms with Gasteiger partial charge in [-0.05, 0) is 32.6 Å². The number of hydrogen-bond donors (Lipinski definition) is 1. The molecule has 2 fully saturated rings. The zero-order valence-corrected chi connectivity index (χ0v) is 14.6. The second-order valence-electron chi connectivity index (χ2n) is 7.01.